The average molecular weight is 831 g/mol. The molecule has 4 heterocycles. The van der Waals surface area contributed by atoms with Gasteiger partial charge < -0.3 is 40.2 Å². The lowest BCUT2D eigenvalue weighted by Gasteiger charge is -2.29. The molecule has 59 heavy (non-hydrogen) atoms. The minimum absolute atomic E-state index is 0.00841. The molecule has 2 aliphatic heterocycles. The Bertz CT molecular complexity index is 2150. The monoisotopic (exact) mass is 830 g/mol. The number of pyridine rings is 1. The van der Waals surface area contributed by atoms with E-state index in [9.17, 15) is 29.1 Å². The minimum atomic E-state index is -1.48. The molecule has 2 aliphatic carbocycles. The number of alkyl carbamates (subject to hydrolysis) is 1. The van der Waals surface area contributed by atoms with Gasteiger partial charge in [-0.1, -0.05) is 38.8 Å². The molecule has 5 atom stereocenters. The van der Waals surface area contributed by atoms with Gasteiger partial charge in [-0.05, 0) is 76.8 Å². The van der Waals surface area contributed by atoms with Crippen molar-refractivity contribution in [2.75, 3.05) is 19.0 Å². The number of carboxylic acid groups (broad SMARTS) is 1. The number of hydrogen-bond acceptors (Lipinski definition) is 11. The molecule has 16 heteroatoms. The highest BCUT2D eigenvalue weighted by Gasteiger charge is 2.61. The van der Waals surface area contributed by atoms with Crippen molar-refractivity contribution in [1.82, 2.24) is 25.5 Å². The van der Waals surface area contributed by atoms with Crippen LogP contribution in [0.3, 0.4) is 0 Å². The van der Waals surface area contributed by atoms with Crippen LogP contribution in [-0.2, 0) is 23.9 Å². The van der Waals surface area contributed by atoms with Crippen molar-refractivity contribution in [2.45, 2.75) is 128 Å². The van der Waals surface area contributed by atoms with Crippen LogP contribution < -0.4 is 25.4 Å². The van der Waals surface area contributed by atoms with Gasteiger partial charge in [0.1, 0.15) is 47.0 Å². The quantitative estimate of drug-likeness (QED) is 0.173. The number of carbonyl (C=O) groups is 5. The number of aliphatic carboxylic acids is 1. The number of thiazole rings is 1. The summed E-state index contributed by atoms with van der Waals surface area (Å²) in [5.41, 5.74) is 1.74. The molecule has 4 aliphatic rings. The Morgan fingerprint density at radius 3 is 2.51 bits per heavy atom. The molecule has 7 rings (SSSR count). The summed E-state index contributed by atoms with van der Waals surface area (Å²) in [5, 5.41) is 21.7. The number of carbonyl (C=O) groups excluding carboxylic acids is 4. The first-order valence-corrected chi connectivity index (χ1v) is 21.6. The molecule has 0 spiro atoms. The Balaban J connectivity index is 1.23. The molecule has 2 saturated carbocycles. The molecule has 0 bridgehead atoms. The summed E-state index contributed by atoms with van der Waals surface area (Å²) in [6.07, 6.45) is 9.39. The third-order valence-corrected chi connectivity index (χ3v) is 12.7. The molecule has 4 N–H and O–H groups in total. The van der Waals surface area contributed by atoms with Crippen molar-refractivity contribution in [3.63, 3.8) is 0 Å². The zero-order chi connectivity index (χ0) is 42.0. The van der Waals surface area contributed by atoms with Gasteiger partial charge in [-0.3, -0.25) is 14.4 Å². The number of allylic oxidation sites excluding steroid dienone is 1. The van der Waals surface area contributed by atoms with E-state index in [2.05, 4.69) is 20.9 Å². The average Bonchev–Trinajstić information content (AvgIpc) is 3.62. The number of aryl methyl sites for hydroxylation is 2. The number of amides is 4. The third kappa shape index (κ3) is 9.02. The van der Waals surface area contributed by atoms with Gasteiger partial charge in [-0.2, -0.15) is 0 Å². The van der Waals surface area contributed by atoms with Crippen molar-refractivity contribution >= 4 is 57.2 Å². The van der Waals surface area contributed by atoms with E-state index < -0.39 is 47.6 Å². The van der Waals surface area contributed by atoms with Crippen LogP contribution in [0.15, 0.2) is 29.7 Å². The molecule has 15 nitrogen and oxygen atoms in total. The Morgan fingerprint density at radius 1 is 1.02 bits per heavy atom. The highest BCUT2D eigenvalue weighted by molar-refractivity contribution is 7.14. The van der Waals surface area contributed by atoms with Crippen LogP contribution in [0.25, 0.3) is 22.3 Å². The van der Waals surface area contributed by atoms with Crippen LogP contribution in [0, 0.1) is 25.7 Å². The number of ether oxygens (including phenoxy) is 3. The van der Waals surface area contributed by atoms with Crippen LogP contribution in [0.2, 0.25) is 0 Å². The second-order valence-electron chi connectivity index (χ2n) is 16.6. The lowest BCUT2D eigenvalue weighted by Crippen LogP contribution is -2.56. The Hall–Kier alpha value is -5.25. The molecule has 316 valence electrons. The number of nitrogens with zero attached hydrogens (tertiary/aromatic N) is 3. The standard InChI is InChI=1S/C43H54N6O9S/c1-23(2)37(50)47-41-45-32(22-59-41)31-19-34(29-17-24(3)36(56-5)25(4)35(29)44-31)57-28-18-33-38(51)48-43(40(53)54)20-26(43)13-9-7-6-8-10-16-30(39(52)49(33)21-28)46-42(55)58-27-14-11-12-15-27/h9,13,17,19,22-23,26-28,30,33H,6-8,10-12,14-16,18,20-21H2,1-5H3,(H,46,55)(H,48,51)(H,53,54)(H,45,47,50)/b13-9-/t26-,28+,30-,33-,43+/m0/s1. The number of nitrogens with one attached hydrogen (secondary N) is 3. The van der Waals surface area contributed by atoms with Crippen LogP contribution in [0.4, 0.5) is 9.93 Å². The highest BCUT2D eigenvalue weighted by Crippen LogP contribution is 2.46. The second kappa shape index (κ2) is 17.5. The van der Waals surface area contributed by atoms with Crippen molar-refractivity contribution in [3.05, 3.63) is 40.8 Å². The second-order valence-corrected chi connectivity index (χ2v) is 17.4. The molecule has 1 saturated heterocycles. The number of rotatable bonds is 9. The minimum Gasteiger partial charge on any atom is -0.496 e. The van der Waals surface area contributed by atoms with Crippen molar-refractivity contribution in [2.24, 2.45) is 11.8 Å². The van der Waals surface area contributed by atoms with Crippen molar-refractivity contribution in [3.8, 4) is 22.9 Å². The third-order valence-electron chi connectivity index (χ3n) is 11.9. The molecule has 1 aromatic carbocycles. The van der Waals surface area contributed by atoms with E-state index in [1.165, 1.54) is 16.2 Å². The van der Waals surface area contributed by atoms with Gasteiger partial charge in [-0.15, -0.1) is 11.3 Å². The molecule has 0 unspecified atom stereocenters. The first-order valence-electron chi connectivity index (χ1n) is 20.7. The number of aromatic nitrogens is 2. The van der Waals surface area contributed by atoms with E-state index in [4.69, 9.17) is 19.2 Å². The maximum absolute atomic E-state index is 14.6. The Morgan fingerprint density at radius 2 is 1.78 bits per heavy atom. The summed E-state index contributed by atoms with van der Waals surface area (Å²) in [6, 6.07) is 1.62. The molecular weight excluding hydrogens is 777 g/mol. The molecule has 3 fully saturated rings. The number of benzene rings is 1. The van der Waals surface area contributed by atoms with E-state index in [0.717, 1.165) is 56.1 Å². The first-order chi connectivity index (χ1) is 28.3. The number of methoxy groups -OCH3 is 1. The van der Waals surface area contributed by atoms with Crippen LogP contribution >= 0.6 is 11.3 Å². The lowest BCUT2D eigenvalue weighted by atomic mass is 10.0. The lowest BCUT2D eigenvalue weighted by molar-refractivity contribution is -0.145. The largest absolute Gasteiger partial charge is 0.496 e. The Kier molecular flexibility index (Phi) is 12.5. The van der Waals surface area contributed by atoms with Gasteiger partial charge >= 0.3 is 12.1 Å². The zero-order valence-corrected chi connectivity index (χ0v) is 35.1. The van der Waals surface area contributed by atoms with E-state index in [1.54, 1.807) is 32.4 Å². The van der Waals surface area contributed by atoms with Gasteiger partial charge in [0, 0.05) is 40.7 Å². The van der Waals surface area contributed by atoms with Gasteiger partial charge in [0.05, 0.1) is 24.9 Å². The topological polar surface area (TPSA) is 198 Å². The predicted molar refractivity (Wildman–Crippen MR) is 221 cm³/mol. The normalized spacial score (nSPS) is 25.6. The summed E-state index contributed by atoms with van der Waals surface area (Å²) in [4.78, 5) is 78.3. The number of carboxylic acids is 1. The zero-order valence-electron chi connectivity index (χ0n) is 34.3. The van der Waals surface area contributed by atoms with E-state index in [0.29, 0.717) is 51.8 Å². The smallest absolute Gasteiger partial charge is 0.408 e. The molecule has 4 amide bonds. The Labute approximate surface area is 347 Å². The fourth-order valence-corrected chi connectivity index (χ4v) is 9.25. The van der Waals surface area contributed by atoms with Crippen LogP contribution in [0.1, 0.15) is 95.6 Å². The van der Waals surface area contributed by atoms with Crippen molar-refractivity contribution in [1.29, 1.82) is 0 Å². The fourth-order valence-electron chi connectivity index (χ4n) is 8.54. The molecule has 2 aromatic heterocycles. The summed E-state index contributed by atoms with van der Waals surface area (Å²) < 4.78 is 18.2. The van der Waals surface area contributed by atoms with Gasteiger partial charge in [0.2, 0.25) is 17.7 Å². The van der Waals surface area contributed by atoms with Crippen LogP contribution in [0.5, 0.6) is 11.5 Å². The van der Waals surface area contributed by atoms with Crippen LogP contribution in [-0.4, -0.2) is 93.2 Å². The van der Waals surface area contributed by atoms with Gasteiger partial charge in [0.25, 0.3) is 0 Å². The van der Waals surface area contributed by atoms with E-state index in [1.807, 2.05) is 32.1 Å². The molecular formula is C43H54N6O9S. The van der Waals surface area contributed by atoms with Gasteiger partial charge in [0.15, 0.2) is 5.13 Å². The summed E-state index contributed by atoms with van der Waals surface area (Å²) in [5.74, 6) is -1.86. The SMILES string of the molecule is COc1c(C)cc2c(O[C@@H]3C[C@H]4C(=O)N[C@]5(C(=O)O)C[C@@H]5/C=C\CCCCC[C@H](NC(=O)OC5CCCC5)C(=O)N4C3)cc(-c3csc(NC(=O)C(C)C)n3)nc2c1C. The summed E-state index contributed by atoms with van der Waals surface area (Å²) in [6.45, 7) is 7.42. The highest BCUT2D eigenvalue weighted by atomic mass is 32.1. The summed E-state index contributed by atoms with van der Waals surface area (Å²) in [7, 11) is 1.60. The fraction of sp³-hybridized carbons (Fsp3) is 0.558. The summed E-state index contributed by atoms with van der Waals surface area (Å²) >= 11 is 1.27. The van der Waals surface area contributed by atoms with E-state index in [-0.39, 0.29) is 43.2 Å². The first kappa shape index (κ1) is 41.9. The van der Waals surface area contributed by atoms with Crippen molar-refractivity contribution < 1.29 is 43.3 Å². The number of fused-ring (bicyclic) bond motifs is 3. The number of hydrogen-bond donors (Lipinski definition) is 4. The maximum atomic E-state index is 14.6. The van der Waals surface area contributed by atoms with E-state index >= 15 is 0 Å². The number of anilines is 1. The molecule has 3 aromatic rings. The van der Waals surface area contributed by atoms with Gasteiger partial charge in [-0.25, -0.2) is 19.6 Å². The maximum Gasteiger partial charge on any atom is 0.408 e. The predicted octanol–water partition coefficient (Wildman–Crippen LogP) is 6.44. The molecule has 0 radical (unpaired) electrons.